The van der Waals surface area contributed by atoms with Crippen LogP contribution in [-0.4, -0.2) is 48.2 Å². The first-order valence-corrected chi connectivity index (χ1v) is 8.97. The molecule has 1 saturated heterocycles. The number of hydrogen-bond donors (Lipinski definition) is 2. The van der Waals surface area contributed by atoms with Crippen molar-refractivity contribution in [3.05, 3.63) is 12.4 Å². The SMILES string of the molecule is Cn1cc(NS(=O)(=O)N2CCCC(CNC3CC3)C2)cn1. The largest absolute Gasteiger partial charge is 0.314 e. The monoisotopic (exact) mass is 313 g/mol. The average Bonchev–Trinajstić information content (AvgIpc) is 3.20. The summed E-state index contributed by atoms with van der Waals surface area (Å²) >= 11 is 0. The van der Waals surface area contributed by atoms with Gasteiger partial charge in [0, 0.05) is 32.4 Å². The summed E-state index contributed by atoms with van der Waals surface area (Å²) in [7, 11) is -1.71. The minimum atomic E-state index is -3.48. The zero-order valence-corrected chi connectivity index (χ0v) is 13.1. The molecule has 0 aromatic carbocycles. The van der Waals surface area contributed by atoms with Crippen LogP contribution in [0.5, 0.6) is 0 Å². The molecule has 2 aliphatic rings. The van der Waals surface area contributed by atoms with Gasteiger partial charge in [0.15, 0.2) is 0 Å². The van der Waals surface area contributed by atoms with E-state index in [1.54, 1.807) is 22.2 Å². The summed E-state index contributed by atoms with van der Waals surface area (Å²) < 4.78 is 30.6. The second-order valence-corrected chi connectivity index (χ2v) is 7.73. The Balaban J connectivity index is 1.58. The summed E-state index contributed by atoms with van der Waals surface area (Å²) in [5.74, 6) is 0.407. The number of nitrogens with zero attached hydrogens (tertiary/aromatic N) is 3. The van der Waals surface area contributed by atoms with Gasteiger partial charge >= 0.3 is 10.2 Å². The van der Waals surface area contributed by atoms with Gasteiger partial charge < -0.3 is 5.32 Å². The van der Waals surface area contributed by atoms with E-state index in [9.17, 15) is 8.42 Å². The first-order valence-electron chi connectivity index (χ1n) is 7.53. The van der Waals surface area contributed by atoms with Crippen molar-refractivity contribution in [3.63, 3.8) is 0 Å². The molecule has 1 aliphatic heterocycles. The minimum Gasteiger partial charge on any atom is -0.314 e. The molecule has 1 aromatic heterocycles. The highest BCUT2D eigenvalue weighted by Crippen LogP contribution is 2.23. The summed E-state index contributed by atoms with van der Waals surface area (Å²) in [5, 5.41) is 7.47. The standard InChI is InChI=1S/C13H23N5O2S/c1-17-10-13(8-15-17)16-21(19,20)18-6-2-3-11(9-18)7-14-12-4-5-12/h8,10-12,14,16H,2-7,9H2,1H3. The lowest BCUT2D eigenvalue weighted by molar-refractivity contribution is 0.261. The van der Waals surface area contributed by atoms with Crippen molar-refractivity contribution < 1.29 is 8.42 Å². The zero-order valence-electron chi connectivity index (χ0n) is 12.3. The van der Waals surface area contributed by atoms with Crippen LogP contribution in [0.2, 0.25) is 0 Å². The normalized spacial score (nSPS) is 24.1. The van der Waals surface area contributed by atoms with Gasteiger partial charge in [-0.1, -0.05) is 0 Å². The number of rotatable bonds is 6. The van der Waals surface area contributed by atoms with Gasteiger partial charge in [0.1, 0.15) is 0 Å². The topological polar surface area (TPSA) is 79.3 Å². The van der Waals surface area contributed by atoms with E-state index in [1.807, 2.05) is 0 Å². The summed E-state index contributed by atoms with van der Waals surface area (Å²) in [6.45, 7) is 2.11. The first-order chi connectivity index (χ1) is 10.0. The van der Waals surface area contributed by atoms with Crippen LogP contribution in [0.25, 0.3) is 0 Å². The van der Waals surface area contributed by atoms with Crippen molar-refractivity contribution in [1.82, 2.24) is 19.4 Å². The maximum atomic E-state index is 12.4. The number of aromatic nitrogens is 2. The summed E-state index contributed by atoms with van der Waals surface area (Å²) in [6.07, 6.45) is 7.72. The molecule has 2 N–H and O–H groups in total. The molecule has 2 heterocycles. The molecule has 7 nitrogen and oxygen atoms in total. The smallest absolute Gasteiger partial charge is 0.301 e. The Kier molecular flexibility index (Phi) is 4.19. The molecule has 8 heteroatoms. The number of hydrogen-bond acceptors (Lipinski definition) is 4. The first kappa shape index (κ1) is 14.8. The molecule has 0 radical (unpaired) electrons. The summed E-state index contributed by atoms with van der Waals surface area (Å²) in [4.78, 5) is 0. The Morgan fingerprint density at radius 1 is 1.38 bits per heavy atom. The Hall–Kier alpha value is -1.12. The molecule has 1 atom stereocenters. The van der Waals surface area contributed by atoms with Crippen LogP contribution in [0.15, 0.2) is 12.4 Å². The predicted octanol–water partition coefficient (Wildman–Crippen LogP) is 0.541. The Bertz CT molecular complexity index is 581. The van der Waals surface area contributed by atoms with E-state index in [0.29, 0.717) is 30.7 Å². The maximum Gasteiger partial charge on any atom is 0.301 e. The minimum absolute atomic E-state index is 0.407. The van der Waals surface area contributed by atoms with Crippen LogP contribution in [-0.2, 0) is 17.3 Å². The third-order valence-corrected chi connectivity index (χ3v) is 5.55. The number of aryl methyl sites for hydroxylation is 1. The summed E-state index contributed by atoms with van der Waals surface area (Å²) in [5.41, 5.74) is 0.510. The van der Waals surface area contributed by atoms with Crippen molar-refractivity contribution in [3.8, 4) is 0 Å². The van der Waals surface area contributed by atoms with Crippen molar-refractivity contribution in [2.75, 3.05) is 24.4 Å². The number of anilines is 1. The lowest BCUT2D eigenvalue weighted by Gasteiger charge is -2.32. The Labute approximate surface area is 125 Å². The van der Waals surface area contributed by atoms with Crippen molar-refractivity contribution >= 4 is 15.9 Å². The van der Waals surface area contributed by atoms with Gasteiger partial charge in [0.05, 0.1) is 11.9 Å². The van der Waals surface area contributed by atoms with Gasteiger partial charge in [-0.3, -0.25) is 9.40 Å². The van der Waals surface area contributed by atoms with E-state index in [-0.39, 0.29) is 0 Å². The van der Waals surface area contributed by atoms with Crippen LogP contribution in [0.4, 0.5) is 5.69 Å². The lowest BCUT2D eigenvalue weighted by atomic mass is 10.00. The Morgan fingerprint density at radius 3 is 2.86 bits per heavy atom. The molecule has 0 amide bonds. The van der Waals surface area contributed by atoms with Crippen molar-refractivity contribution in [1.29, 1.82) is 0 Å². The molecule has 1 unspecified atom stereocenters. The maximum absolute atomic E-state index is 12.4. The Morgan fingerprint density at radius 2 is 2.19 bits per heavy atom. The lowest BCUT2D eigenvalue weighted by Crippen LogP contribution is -2.45. The number of piperidine rings is 1. The molecular weight excluding hydrogens is 290 g/mol. The molecule has 1 aromatic rings. The molecule has 2 fully saturated rings. The molecule has 0 bridgehead atoms. The van der Waals surface area contributed by atoms with Crippen LogP contribution in [0.1, 0.15) is 25.7 Å². The molecule has 21 heavy (non-hydrogen) atoms. The fourth-order valence-corrected chi connectivity index (χ4v) is 4.03. The molecule has 1 aliphatic carbocycles. The van der Waals surface area contributed by atoms with E-state index < -0.39 is 10.2 Å². The quantitative estimate of drug-likeness (QED) is 0.803. The van der Waals surface area contributed by atoms with Crippen LogP contribution >= 0.6 is 0 Å². The van der Waals surface area contributed by atoms with E-state index in [4.69, 9.17) is 0 Å². The third kappa shape index (κ3) is 3.96. The van der Waals surface area contributed by atoms with Gasteiger partial charge in [-0.15, -0.1) is 0 Å². The van der Waals surface area contributed by atoms with Gasteiger partial charge in [0.25, 0.3) is 0 Å². The van der Waals surface area contributed by atoms with Crippen LogP contribution in [0.3, 0.4) is 0 Å². The average molecular weight is 313 g/mol. The van der Waals surface area contributed by atoms with Gasteiger partial charge in [-0.05, 0) is 38.1 Å². The number of nitrogens with one attached hydrogen (secondary N) is 2. The van der Waals surface area contributed by atoms with Gasteiger partial charge in [-0.2, -0.15) is 17.8 Å². The van der Waals surface area contributed by atoms with Crippen molar-refractivity contribution in [2.24, 2.45) is 13.0 Å². The fraction of sp³-hybridized carbons (Fsp3) is 0.769. The second kappa shape index (κ2) is 5.94. The van der Waals surface area contributed by atoms with E-state index in [2.05, 4.69) is 15.1 Å². The van der Waals surface area contributed by atoms with Crippen LogP contribution in [0, 0.1) is 5.92 Å². The van der Waals surface area contributed by atoms with Crippen molar-refractivity contribution in [2.45, 2.75) is 31.7 Å². The molecule has 3 rings (SSSR count). The van der Waals surface area contributed by atoms with E-state index in [0.717, 1.165) is 19.4 Å². The highest BCUT2D eigenvalue weighted by molar-refractivity contribution is 7.90. The molecular formula is C13H23N5O2S. The van der Waals surface area contributed by atoms with Crippen LogP contribution < -0.4 is 10.0 Å². The van der Waals surface area contributed by atoms with E-state index in [1.165, 1.54) is 19.0 Å². The summed E-state index contributed by atoms with van der Waals surface area (Å²) in [6, 6.07) is 0.672. The van der Waals surface area contributed by atoms with Gasteiger partial charge in [0.2, 0.25) is 0 Å². The second-order valence-electron chi connectivity index (χ2n) is 6.06. The third-order valence-electron chi connectivity index (χ3n) is 4.05. The highest BCUT2D eigenvalue weighted by atomic mass is 32.2. The molecule has 1 saturated carbocycles. The highest BCUT2D eigenvalue weighted by Gasteiger charge is 2.30. The zero-order chi connectivity index (χ0) is 14.9. The fourth-order valence-electron chi connectivity index (χ4n) is 2.72. The van der Waals surface area contributed by atoms with E-state index >= 15 is 0 Å². The van der Waals surface area contributed by atoms with Gasteiger partial charge in [-0.25, -0.2) is 0 Å². The molecule has 0 spiro atoms. The predicted molar refractivity (Wildman–Crippen MR) is 81.1 cm³/mol. The molecule has 118 valence electrons.